The lowest BCUT2D eigenvalue weighted by molar-refractivity contribution is -0.180. The number of hydrogen-bond donors (Lipinski definition) is 0. The fourth-order valence-electron chi connectivity index (χ4n) is 5.71. The summed E-state index contributed by atoms with van der Waals surface area (Å²) in [6.45, 7) is 14.3. The molecule has 0 bridgehead atoms. The molecule has 0 unspecified atom stereocenters. The van der Waals surface area contributed by atoms with Crippen molar-refractivity contribution in [2.24, 2.45) is 0 Å². The summed E-state index contributed by atoms with van der Waals surface area (Å²) in [4.78, 5) is 14.6. The summed E-state index contributed by atoms with van der Waals surface area (Å²) in [5.74, 6) is 0.178. The van der Waals surface area contributed by atoms with Crippen molar-refractivity contribution in [1.29, 1.82) is 0 Å². The fraction of sp³-hybridized carbons (Fsp3) is 0.528. The zero-order valence-corrected chi connectivity index (χ0v) is 27.7. The Morgan fingerprint density at radius 3 is 2.49 bits per heavy atom. The highest BCUT2D eigenvalue weighted by Gasteiger charge is 2.34. The SMILES string of the molecule is C=CCC(CC=C)S(=O)(=O)c1cccc(CCCCOCCCCCCN2C[C@@H](c3ccc4c(c3)COC(C)(C)O4)OC2=O)c1. The second-order valence-corrected chi connectivity index (χ2v) is 14.6. The van der Waals surface area contributed by atoms with Gasteiger partial charge in [-0.15, -0.1) is 13.2 Å². The van der Waals surface area contributed by atoms with Gasteiger partial charge in [0.15, 0.2) is 9.84 Å². The number of rotatable bonds is 19. The van der Waals surface area contributed by atoms with Crippen LogP contribution in [0.4, 0.5) is 4.79 Å². The van der Waals surface area contributed by atoms with Crippen molar-refractivity contribution in [3.8, 4) is 5.75 Å². The van der Waals surface area contributed by atoms with Gasteiger partial charge in [-0.05, 0) is 80.3 Å². The number of cyclic esters (lactones) is 1. The van der Waals surface area contributed by atoms with Crippen molar-refractivity contribution in [1.82, 2.24) is 4.90 Å². The molecule has 2 aliphatic heterocycles. The number of unbranched alkanes of at least 4 members (excludes halogenated alkanes) is 4. The Kier molecular flexibility index (Phi) is 12.7. The number of allylic oxidation sites excluding steroid dienone is 2. The number of carbonyl (C=O) groups is 1. The molecule has 0 saturated carbocycles. The molecule has 1 saturated heterocycles. The third-order valence-electron chi connectivity index (χ3n) is 8.27. The number of aryl methyl sites for hydroxylation is 1. The highest BCUT2D eigenvalue weighted by atomic mass is 32.2. The first-order valence-corrected chi connectivity index (χ1v) is 17.7. The Morgan fingerprint density at radius 1 is 1.00 bits per heavy atom. The van der Waals surface area contributed by atoms with Gasteiger partial charge in [0, 0.05) is 39.2 Å². The van der Waals surface area contributed by atoms with Crippen molar-refractivity contribution in [3.05, 3.63) is 84.5 Å². The summed E-state index contributed by atoms with van der Waals surface area (Å²) in [6.07, 6.45) is 10.3. The Labute approximate surface area is 269 Å². The Morgan fingerprint density at radius 2 is 1.73 bits per heavy atom. The van der Waals surface area contributed by atoms with E-state index in [4.69, 9.17) is 18.9 Å². The highest BCUT2D eigenvalue weighted by Crippen LogP contribution is 2.35. The Balaban J connectivity index is 1.06. The van der Waals surface area contributed by atoms with Crippen LogP contribution in [-0.4, -0.2) is 56.8 Å². The van der Waals surface area contributed by atoms with Crippen molar-refractivity contribution >= 4 is 15.9 Å². The molecule has 0 radical (unpaired) electrons. The molecule has 0 spiro atoms. The minimum absolute atomic E-state index is 0.257. The predicted octanol–water partition coefficient (Wildman–Crippen LogP) is 7.72. The maximum Gasteiger partial charge on any atom is 0.410 e. The van der Waals surface area contributed by atoms with Gasteiger partial charge in [0.1, 0.15) is 11.9 Å². The summed E-state index contributed by atoms with van der Waals surface area (Å²) in [5, 5.41) is -0.522. The molecule has 1 fully saturated rings. The molecule has 0 N–H and O–H groups in total. The second-order valence-electron chi connectivity index (χ2n) is 12.3. The highest BCUT2D eigenvalue weighted by molar-refractivity contribution is 7.92. The average molecular weight is 640 g/mol. The van der Waals surface area contributed by atoms with E-state index in [1.165, 1.54) is 0 Å². The van der Waals surface area contributed by atoms with E-state index in [1.54, 1.807) is 29.2 Å². The Hall–Kier alpha value is -3.14. The van der Waals surface area contributed by atoms with Crippen LogP contribution in [0.2, 0.25) is 0 Å². The van der Waals surface area contributed by atoms with E-state index in [2.05, 4.69) is 13.2 Å². The van der Waals surface area contributed by atoms with E-state index in [1.807, 2.05) is 44.2 Å². The third kappa shape index (κ3) is 9.92. The average Bonchev–Trinajstić information content (AvgIpc) is 3.39. The zero-order valence-electron chi connectivity index (χ0n) is 26.9. The summed E-state index contributed by atoms with van der Waals surface area (Å²) in [6, 6.07) is 13.2. The molecular weight excluding hydrogens is 590 g/mol. The second kappa shape index (κ2) is 16.4. The van der Waals surface area contributed by atoms with Crippen molar-refractivity contribution in [2.45, 2.75) is 100 Å². The van der Waals surface area contributed by atoms with Crippen molar-refractivity contribution < 1.29 is 32.2 Å². The van der Waals surface area contributed by atoms with Gasteiger partial charge in [0.25, 0.3) is 0 Å². The van der Waals surface area contributed by atoms with Gasteiger partial charge in [0.2, 0.25) is 5.79 Å². The van der Waals surface area contributed by atoms with E-state index in [-0.39, 0.29) is 12.2 Å². The Bertz CT molecular complexity index is 1390. The number of fused-ring (bicyclic) bond motifs is 1. The van der Waals surface area contributed by atoms with Crippen LogP contribution in [0, 0.1) is 0 Å². The van der Waals surface area contributed by atoms with E-state index < -0.39 is 20.9 Å². The molecule has 9 heteroatoms. The summed E-state index contributed by atoms with van der Waals surface area (Å²) in [7, 11) is -3.43. The summed E-state index contributed by atoms with van der Waals surface area (Å²) >= 11 is 0. The third-order valence-corrected chi connectivity index (χ3v) is 10.4. The maximum atomic E-state index is 13.1. The van der Waals surface area contributed by atoms with Gasteiger partial charge in [-0.1, -0.05) is 43.2 Å². The van der Waals surface area contributed by atoms with E-state index in [0.717, 1.165) is 74.0 Å². The van der Waals surface area contributed by atoms with Gasteiger partial charge >= 0.3 is 6.09 Å². The van der Waals surface area contributed by atoms with Gasteiger partial charge in [0.05, 0.1) is 23.3 Å². The van der Waals surface area contributed by atoms with E-state index in [0.29, 0.717) is 44.0 Å². The van der Waals surface area contributed by atoms with Gasteiger partial charge in [-0.3, -0.25) is 0 Å². The quantitative estimate of drug-likeness (QED) is 0.115. The molecule has 8 nitrogen and oxygen atoms in total. The molecule has 0 aliphatic carbocycles. The minimum Gasteiger partial charge on any atom is -0.463 e. The largest absolute Gasteiger partial charge is 0.463 e. The lowest BCUT2D eigenvalue weighted by atomic mass is 10.0. The standard InChI is InChI=1S/C36H49NO7S/c1-5-14-31(15-6-2)45(39,40)32-18-13-17-28(24-32)16-9-12-23-41-22-11-8-7-10-21-37-26-34(43-35(37)38)29-19-20-33-30(25-29)27-42-36(3,4)44-33/h5-6,13,17-20,24-25,31,34H,1-2,7-12,14-16,21-23,26-27H2,3-4H3/t34-/m0/s1. The van der Waals surface area contributed by atoms with Crippen LogP contribution in [0.3, 0.4) is 0 Å². The van der Waals surface area contributed by atoms with Crippen LogP contribution < -0.4 is 4.74 Å². The fourth-order valence-corrected chi connectivity index (χ4v) is 7.46. The first-order chi connectivity index (χ1) is 21.6. The molecule has 0 aromatic heterocycles. The van der Waals surface area contributed by atoms with Gasteiger partial charge < -0.3 is 23.8 Å². The molecule has 2 aliphatic rings. The molecular formula is C36H49NO7S. The minimum atomic E-state index is -3.43. The van der Waals surface area contributed by atoms with Crippen molar-refractivity contribution in [3.63, 3.8) is 0 Å². The van der Waals surface area contributed by atoms with E-state index >= 15 is 0 Å². The molecule has 45 heavy (non-hydrogen) atoms. The lowest BCUT2D eigenvalue weighted by Gasteiger charge is -2.32. The number of benzene rings is 2. The zero-order chi connectivity index (χ0) is 32.3. The molecule has 2 aromatic carbocycles. The smallest absolute Gasteiger partial charge is 0.410 e. The van der Waals surface area contributed by atoms with Crippen LogP contribution in [0.1, 0.15) is 88.0 Å². The van der Waals surface area contributed by atoms with Crippen LogP contribution in [0.15, 0.2) is 72.7 Å². The number of sulfone groups is 1. The van der Waals surface area contributed by atoms with Crippen LogP contribution in [0.25, 0.3) is 0 Å². The van der Waals surface area contributed by atoms with Gasteiger partial charge in [-0.2, -0.15) is 0 Å². The molecule has 4 rings (SSSR count). The summed E-state index contributed by atoms with van der Waals surface area (Å²) in [5.41, 5.74) is 2.96. The lowest BCUT2D eigenvalue weighted by Crippen LogP contribution is -2.35. The topological polar surface area (TPSA) is 91.4 Å². The van der Waals surface area contributed by atoms with Crippen LogP contribution >= 0.6 is 0 Å². The number of ether oxygens (including phenoxy) is 4. The summed E-state index contributed by atoms with van der Waals surface area (Å²) < 4.78 is 49.2. The first-order valence-electron chi connectivity index (χ1n) is 16.2. The number of carbonyl (C=O) groups excluding carboxylic acids is 1. The van der Waals surface area contributed by atoms with Crippen LogP contribution in [0.5, 0.6) is 5.75 Å². The number of nitrogens with zero attached hydrogens (tertiary/aromatic N) is 1. The molecule has 2 heterocycles. The van der Waals surface area contributed by atoms with Crippen molar-refractivity contribution in [2.75, 3.05) is 26.3 Å². The molecule has 1 atom stereocenters. The number of hydrogen-bond acceptors (Lipinski definition) is 7. The van der Waals surface area contributed by atoms with Gasteiger partial charge in [-0.25, -0.2) is 13.2 Å². The molecule has 246 valence electrons. The predicted molar refractivity (Wildman–Crippen MR) is 176 cm³/mol. The van der Waals surface area contributed by atoms with E-state index in [9.17, 15) is 13.2 Å². The molecule has 2 aromatic rings. The molecule has 1 amide bonds. The monoisotopic (exact) mass is 639 g/mol. The number of amides is 1. The van der Waals surface area contributed by atoms with Crippen LogP contribution in [-0.2, 0) is 37.1 Å². The maximum absolute atomic E-state index is 13.1. The first kappa shape index (κ1) is 34.7. The normalized spacial score (nSPS) is 17.5.